The Hall–Kier alpha value is -2.08. The van der Waals surface area contributed by atoms with Gasteiger partial charge < -0.3 is 20.1 Å². The van der Waals surface area contributed by atoms with Crippen LogP contribution in [0.4, 0.5) is 4.79 Å². The lowest BCUT2D eigenvalue weighted by molar-refractivity contribution is 0.0294. The highest BCUT2D eigenvalue weighted by atomic mass is 16.6. The number of rotatable bonds is 6. The number of amides is 1. The topological polar surface area (TPSA) is 81.9 Å². The van der Waals surface area contributed by atoms with Crippen LogP contribution in [0.15, 0.2) is 24.3 Å². The maximum Gasteiger partial charge on any atom is 0.410 e. The van der Waals surface area contributed by atoms with Gasteiger partial charge in [0.1, 0.15) is 5.60 Å². The van der Waals surface area contributed by atoms with Crippen molar-refractivity contribution in [2.45, 2.75) is 45.8 Å². The van der Waals surface area contributed by atoms with E-state index < -0.39 is 5.60 Å². The molecule has 1 aromatic rings. The lowest BCUT2D eigenvalue weighted by atomic mass is 10.0. The average molecular weight is 336 g/mol. The van der Waals surface area contributed by atoms with Crippen molar-refractivity contribution in [2.24, 2.45) is 5.73 Å². The first kappa shape index (κ1) is 20.0. The van der Waals surface area contributed by atoms with Crippen LogP contribution < -0.4 is 5.73 Å². The van der Waals surface area contributed by atoms with Gasteiger partial charge in [0.25, 0.3) is 0 Å². The van der Waals surface area contributed by atoms with Gasteiger partial charge in [-0.25, -0.2) is 9.59 Å². The summed E-state index contributed by atoms with van der Waals surface area (Å²) < 4.78 is 10.2. The Bertz CT molecular complexity index is 549. The van der Waals surface area contributed by atoms with Crippen LogP contribution in [0.2, 0.25) is 0 Å². The second-order valence-electron chi connectivity index (χ2n) is 6.64. The summed E-state index contributed by atoms with van der Waals surface area (Å²) in [5, 5.41) is 0. The lowest BCUT2D eigenvalue weighted by Gasteiger charge is -2.25. The summed E-state index contributed by atoms with van der Waals surface area (Å²) in [5.74, 6) is -0.345. The predicted molar refractivity (Wildman–Crippen MR) is 92.8 cm³/mol. The first-order valence-electron chi connectivity index (χ1n) is 8.11. The van der Waals surface area contributed by atoms with Crippen LogP contribution in [0.3, 0.4) is 0 Å². The third kappa shape index (κ3) is 6.58. The zero-order chi connectivity index (χ0) is 18.3. The molecule has 24 heavy (non-hydrogen) atoms. The minimum atomic E-state index is -0.517. The molecule has 0 radical (unpaired) electrons. The molecule has 1 unspecified atom stereocenters. The fraction of sp³-hybridized carbons (Fsp3) is 0.556. The van der Waals surface area contributed by atoms with Gasteiger partial charge in [-0.05, 0) is 51.8 Å². The van der Waals surface area contributed by atoms with Crippen LogP contribution in [0, 0.1) is 0 Å². The Kier molecular flexibility index (Phi) is 7.22. The van der Waals surface area contributed by atoms with E-state index in [0.717, 1.165) is 5.56 Å². The standard InChI is InChI=1S/C18H28N2O4/c1-6-23-16(21)14-9-7-13(8-10-14)15(19)11-12-20(5)17(22)24-18(2,3)4/h7-10,15H,6,11-12,19H2,1-5H3. The molecule has 0 fully saturated rings. The van der Waals surface area contributed by atoms with E-state index in [1.54, 1.807) is 26.1 Å². The van der Waals surface area contributed by atoms with E-state index in [1.807, 2.05) is 32.9 Å². The number of esters is 1. The zero-order valence-corrected chi connectivity index (χ0v) is 15.2. The fourth-order valence-corrected chi connectivity index (χ4v) is 2.01. The van der Waals surface area contributed by atoms with E-state index in [4.69, 9.17) is 15.2 Å². The molecule has 1 amide bonds. The van der Waals surface area contributed by atoms with Crippen molar-refractivity contribution in [3.05, 3.63) is 35.4 Å². The van der Waals surface area contributed by atoms with Crippen LogP contribution in [0.1, 0.15) is 56.1 Å². The second-order valence-corrected chi connectivity index (χ2v) is 6.64. The second kappa shape index (κ2) is 8.68. The lowest BCUT2D eigenvalue weighted by Crippen LogP contribution is -2.35. The van der Waals surface area contributed by atoms with Crippen LogP contribution in [0.25, 0.3) is 0 Å². The number of nitrogens with zero attached hydrogens (tertiary/aromatic N) is 1. The minimum Gasteiger partial charge on any atom is -0.462 e. The molecule has 0 aliphatic heterocycles. The highest BCUT2D eigenvalue weighted by Crippen LogP contribution is 2.17. The highest BCUT2D eigenvalue weighted by molar-refractivity contribution is 5.89. The predicted octanol–water partition coefficient (Wildman–Crippen LogP) is 3.12. The molecule has 0 bridgehead atoms. The quantitative estimate of drug-likeness (QED) is 0.807. The Labute approximate surface area is 143 Å². The maximum absolute atomic E-state index is 11.9. The van der Waals surface area contributed by atoms with Gasteiger partial charge >= 0.3 is 12.1 Å². The van der Waals surface area contributed by atoms with E-state index in [9.17, 15) is 9.59 Å². The fourth-order valence-electron chi connectivity index (χ4n) is 2.01. The molecular weight excluding hydrogens is 308 g/mol. The van der Waals surface area contributed by atoms with Crippen molar-refractivity contribution in [3.8, 4) is 0 Å². The Morgan fingerprint density at radius 3 is 2.29 bits per heavy atom. The SMILES string of the molecule is CCOC(=O)c1ccc(C(N)CCN(C)C(=O)OC(C)(C)C)cc1. The smallest absolute Gasteiger partial charge is 0.410 e. The molecule has 6 heteroatoms. The monoisotopic (exact) mass is 336 g/mol. The third-order valence-corrected chi connectivity index (χ3v) is 3.33. The van der Waals surface area contributed by atoms with Gasteiger partial charge in [0.05, 0.1) is 12.2 Å². The van der Waals surface area contributed by atoms with E-state index in [1.165, 1.54) is 4.90 Å². The molecule has 0 aliphatic carbocycles. The van der Waals surface area contributed by atoms with Gasteiger partial charge in [0.15, 0.2) is 0 Å². The molecule has 0 spiro atoms. The van der Waals surface area contributed by atoms with Gasteiger partial charge in [0.2, 0.25) is 0 Å². The molecule has 0 aromatic heterocycles. The van der Waals surface area contributed by atoms with Gasteiger partial charge in [-0.1, -0.05) is 12.1 Å². The molecule has 0 saturated heterocycles. The summed E-state index contributed by atoms with van der Waals surface area (Å²) >= 11 is 0. The summed E-state index contributed by atoms with van der Waals surface area (Å²) in [5.41, 5.74) is 7.05. The summed E-state index contributed by atoms with van der Waals surface area (Å²) in [6.07, 6.45) is 0.224. The molecule has 2 N–H and O–H groups in total. The average Bonchev–Trinajstić information content (AvgIpc) is 2.51. The third-order valence-electron chi connectivity index (χ3n) is 3.33. The van der Waals surface area contributed by atoms with E-state index in [-0.39, 0.29) is 18.1 Å². The first-order chi connectivity index (χ1) is 11.1. The molecule has 0 aliphatic rings. The number of ether oxygens (including phenoxy) is 2. The maximum atomic E-state index is 11.9. The summed E-state index contributed by atoms with van der Waals surface area (Å²) in [6.45, 7) is 8.08. The number of carbonyl (C=O) groups excluding carboxylic acids is 2. The Morgan fingerprint density at radius 1 is 1.21 bits per heavy atom. The first-order valence-corrected chi connectivity index (χ1v) is 8.11. The number of benzene rings is 1. The summed E-state index contributed by atoms with van der Waals surface area (Å²) in [7, 11) is 1.69. The van der Waals surface area contributed by atoms with Gasteiger partial charge in [0, 0.05) is 19.6 Å². The van der Waals surface area contributed by atoms with Crippen LogP contribution in [0.5, 0.6) is 0 Å². The molecule has 1 atom stereocenters. The van der Waals surface area contributed by atoms with Crippen molar-refractivity contribution in [3.63, 3.8) is 0 Å². The Balaban J connectivity index is 2.54. The van der Waals surface area contributed by atoms with Crippen LogP contribution in [-0.4, -0.2) is 42.8 Å². The molecule has 1 aromatic carbocycles. The van der Waals surface area contributed by atoms with Crippen molar-refractivity contribution in [1.29, 1.82) is 0 Å². The molecular formula is C18H28N2O4. The number of carbonyl (C=O) groups is 2. The van der Waals surface area contributed by atoms with E-state index in [0.29, 0.717) is 25.1 Å². The van der Waals surface area contributed by atoms with Crippen LogP contribution >= 0.6 is 0 Å². The van der Waals surface area contributed by atoms with Crippen molar-refractivity contribution in [2.75, 3.05) is 20.2 Å². The van der Waals surface area contributed by atoms with Crippen LogP contribution in [-0.2, 0) is 9.47 Å². The minimum absolute atomic E-state index is 0.230. The van der Waals surface area contributed by atoms with E-state index in [2.05, 4.69) is 0 Å². The van der Waals surface area contributed by atoms with Crippen molar-refractivity contribution < 1.29 is 19.1 Å². The van der Waals surface area contributed by atoms with Crippen molar-refractivity contribution in [1.82, 2.24) is 4.90 Å². The number of hydrogen-bond acceptors (Lipinski definition) is 5. The number of nitrogens with two attached hydrogens (primary N) is 1. The van der Waals surface area contributed by atoms with E-state index >= 15 is 0 Å². The molecule has 134 valence electrons. The van der Waals surface area contributed by atoms with Crippen molar-refractivity contribution >= 4 is 12.1 Å². The van der Waals surface area contributed by atoms with Gasteiger partial charge in [-0.2, -0.15) is 0 Å². The summed E-state index contributed by atoms with van der Waals surface area (Å²) in [4.78, 5) is 25.0. The zero-order valence-electron chi connectivity index (χ0n) is 15.2. The Morgan fingerprint density at radius 2 is 1.79 bits per heavy atom. The highest BCUT2D eigenvalue weighted by Gasteiger charge is 2.20. The normalized spacial score (nSPS) is 12.4. The molecule has 0 saturated carbocycles. The largest absolute Gasteiger partial charge is 0.462 e. The molecule has 0 heterocycles. The molecule has 6 nitrogen and oxygen atoms in total. The van der Waals surface area contributed by atoms with Gasteiger partial charge in [-0.15, -0.1) is 0 Å². The summed E-state index contributed by atoms with van der Waals surface area (Å²) in [6, 6.07) is 6.79. The number of hydrogen-bond donors (Lipinski definition) is 1. The molecule has 1 rings (SSSR count). The van der Waals surface area contributed by atoms with Gasteiger partial charge in [-0.3, -0.25) is 0 Å².